The Hall–Kier alpha value is -1.33. The predicted octanol–water partition coefficient (Wildman–Crippen LogP) is 0.832. The molecule has 174 valence electrons. The smallest absolute Gasteiger partial charge is 0.222 e. The second kappa shape index (κ2) is 24.7. The largest absolute Gasteiger partial charge is 0.379 e. The quantitative estimate of drug-likeness (QED) is 0.221. The SMILES string of the molecule is CC(=O)NCCOCCOCCNC(=O)CCOCCOCCNF.CC(C)C. The summed E-state index contributed by atoms with van der Waals surface area (Å²) in [5.74, 6) is 0.637. The average Bonchev–Trinajstić information content (AvgIpc) is 2.64. The molecule has 0 bridgehead atoms. The summed E-state index contributed by atoms with van der Waals surface area (Å²) in [6.45, 7) is 12.0. The fraction of sp³-hybridized carbons (Fsp3) is 0.895. The summed E-state index contributed by atoms with van der Waals surface area (Å²) in [5.41, 5.74) is 1.48. The maximum atomic E-state index is 11.5. The number of carbonyl (C=O) groups excluding carboxylic acids is 2. The first kappa shape index (κ1) is 29.9. The van der Waals surface area contributed by atoms with Crippen molar-refractivity contribution in [3.8, 4) is 0 Å². The monoisotopic (exact) mass is 425 g/mol. The number of hydrogen-bond acceptors (Lipinski definition) is 7. The van der Waals surface area contributed by atoms with Crippen LogP contribution < -0.4 is 16.2 Å². The minimum absolute atomic E-state index is 0.0829. The van der Waals surface area contributed by atoms with Crippen LogP contribution in [0, 0.1) is 5.92 Å². The first-order chi connectivity index (χ1) is 13.9. The van der Waals surface area contributed by atoms with E-state index in [9.17, 15) is 14.1 Å². The van der Waals surface area contributed by atoms with Crippen molar-refractivity contribution < 1.29 is 33.0 Å². The van der Waals surface area contributed by atoms with Gasteiger partial charge in [0.1, 0.15) is 0 Å². The van der Waals surface area contributed by atoms with Gasteiger partial charge in [0.05, 0.1) is 52.9 Å². The summed E-state index contributed by atoms with van der Waals surface area (Å²) < 4.78 is 32.3. The second-order valence-corrected chi connectivity index (χ2v) is 6.65. The van der Waals surface area contributed by atoms with Crippen LogP contribution in [0.3, 0.4) is 0 Å². The average molecular weight is 426 g/mol. The molecule has 0 fully saturated rings. The van der Waals surface area contributed by atoms with E-state index in [2.05, 4.69) is 31.4 Å². The molecule has 0 unspecified atom stereocenters. The maximum absolute atomic E-state index is 11.5. The molecule has 0 atom stereocenters. The molecule has 0 saturated heterocycles. The fourth-order valence-corrected chi connectivity index (χ4v) is 1.57. The lowest BCUT2D eigenvalue weighted by Crippen LogP contribution is -2.28. The highest BCUT2D eigenvalue weighted by atomic mass is 19.2. The number of carbonyl (C=O) groups is 2. The van der Waals surface area contributed by atoms with Gasteiger partial charge in [0.2, 0.25) is 11.8 Å². The molecule has 0 aliphatic rings. The van der Waals surface area contributed by atoms with Crippen molar-refractivity contribution in [2.45, 2.75) is 34.1 Å². The predicted molar refractivity (Wildman–Crippen MR) is 109 cm³/mol. The molecule has 0 spiro atoms. The van der Waals surface area contributed by atoms with E-state index < -0.39 is 0 Å². The van der Waals surface area contributed by atoms with Gasteiger partial charge in [0.25, 0.3) is 0 Å². The summed E-state index contributed by atoms with van der Waals surface area (Å²) in [5, 5.41) is 5.33. The lowest BCUT2D eigenvalue weighted by atomic mass is 10.3. The lowest BCUT2D eigenvalue weighted by Gasteiger charge is -2.08. The van der Waals surface area contributed by atoms with Gasteiger partial charge in [-0.1, -0.05) is 20.8 Å². The molecule has 0 aromatic carbocycles. The molecule has 0 saturated carbocycles. The van der Waals surface area contributed by atoms with Gasteiger partial charge < -0.3 is 29.6 Å². The van der Waals surface area contributed by atoms with Crippen LogP contribution in [0.1, 0.15) is 34.1 Å². The fourth-order valence-electron chi connectivity index (χ4n) is 1.57. The van der Waals surface area contributed by atoms with Gasteiger partial charge in [-0.25, -0.2) is 0 Å². The first-order valence-electron chi connectivity index (χ1n) is 10.1. The highest BCUT2D eigenvalue weighted by molar-refractivity contribution is 5.75. The third-order valence-electron chi connectivity index (χ3n) is 2.75. The van der Waals surface area contributed by atoms with E-state index in [1.165, 1.54) is 12.5 Å². The molecule has 29 heavy (non-hydrogen) atoms. The molecular formula is C19H40FN3O6. The van der Waals surface area contributed by atoms with Crippen LogP contribution in [0.4, 0.5) is 4.48 Å². The third-order valence-corrected chi connectivity index (χ3v) is 2.75. The van der Waals surface area contributed by atoms with E-state index in [1.54, 1.807) is 0 Å². The van der Waals surface area contributed by atoms with Crippen LogP contribution in [-0.2, 0) is 28.5 Å². The zero-order valence-electron chi connectivity index (χ0n) is 18.4. The molecule has 9 nitrogen and oxygen atoms in total. The standard InChI is InChI=1S/C15H30FN3O6.C4H10/c1-14(20)17-3-7-23-12-13-24-8-4-18-15(21)2-6-22-10-11-25-9-5-19-16;1-4(2)3/h19H,2-13H2,1H3,(H,17,20)(H,18,21);4H,1-3H3. The first-order valence-corrected chi connectivity index (χ1v) is 10.1. The summed E-state index contributed by atoms with van der Waals surface area (Å²) in [7, 11) is 0. The Kier molecular flexibility index (Phi) is 25.4. The van der Waals surface area contributed by atoms with Gasteiger partial charge in [0.15, 0.2) is 0 Å². The van der Waals surface area contributed by atoms with Crippen LogP contribution in [0.15, 0.2) is 0 Å². The molecule has 0 aliphatic heterocycles. The van der Waals surface area contributed by atoms with Crippen molar-refractivity contribution in [1.82, 2.24) is 16.2 Å². The summed E-state index contributed by atoms with van der Waals surface area (Å²) in [6.07, 6.45) is 0.262. The number of rotatable bonds is 18. The van der Waals surface area contributed by atoms with Gasteiger partial charge in [-0.3, -0.25) is 9.59 Å². The molecule has 0 aliphatic carbocycles. The van der Waals surface area contributed by atoms with E-state index >= 15 is 0 Å². The van der Waals surface area contributed by atoms with Crippen molar-refractivity contribution in [3.63, 3.8) is 0 Å². The van der Waals surface area contributed by atoms with Gasteiger partial charge in [-0.05, 0) is 5.92 Å². The van der Waals surface area contributed by atoms with Gasteiger partial charge in [-0.15, -0.1) is 4.48 Å². The van der Waals surface area contributed by atoms with Crippen LogP contribution in [0.5, 0.6) is 0 Å². The molecular weight excluding hydrogens is 385 g/mol. The highest BCUT2D eigenvalue weighted by Crippen LogP contribution is 1.85. The van der Waals surface area contributed by atoms with E-state index in [4.69, 9.17) is 18.9 Å². The van der Waals surface area contributed by atoms with Crippen molar-refractivity contribution >= 4 is 11.8 Å². The third kappa shape index (κ3) is 34.6. The van der Waals surface area contributed by atoms with Crippen LogP contribution in [0.25, 0.3) is 0 Å². The van der Waals surface area contributed by atoms with Crippen LogP contribution >= 0.6 is 0 Å². The van der Waals surface area contributed by atoms with Crippen LogP contribution in [0.2, 0.25) is 0 Å². The zero-order chi connectivity index (χ0) is 22.2. The number of hydrogen-bond donors (Lipinski definition) is 3. The Morgan fingerprint density at radius 1 is 0.724 bits per heavy atom. The van der Waals surface area contributed by atoms with E-state index in [0.717, 1.165) is 5.92 Å². The molecule has 2 amide bonds. The zero-order valence-corrected chi connectivity index (χ0v) is 18.4. The number of ether oxygens (including phenoxy) is 4. The Labute approximate surface area is 174 Å². The minimum atomic E-state index is -0.113. The summed E-state index contributed by atoms with van der Waals surface area (Å²) >= 11 is 0. The van der Waals surface area contributed by atoms with Gasteiger partial charge in [0, 0.05) is 33.0 Å². The van der Waals surface area contributed by atoms with Crippen molar-refractivity contribution in [2.75, 3.05) is 72.5 Å². The Bertz CT molecular complexity index is 373. The molecule has 0 heterocycles. The molecule has 0 aromatic heterocycles. The van der Waals surface area contributed by atoms with E-state index in [0.29, 0.717) is 59.3 Å². The van der Waals surface area contributed by atoms with E-state index in [-0.39, 0.29) is 31.4 Å². The maximum Gasteiger partial charge on any atom is 0.222 e. The van der Waals surface area contributed by atoms with Gasteiger partial charge in [-0.2, -0.15) is 5.54 Å². The van der Waals surface area contributed by atoms with Crippen molar-refractivity contribution in [1.29, 1.82) is 0 Å². The molecule has 0 aromatic rings. The lowest BCUT2D eigenvalue weighted by molar-refractivity contribution is -0.122. The number of amides is 2. The molecule has 0 radical (unpaired) electrons. The highest BCUT2D eigenvalue weighted by Gasteiger charge is 2.00. The normalized spacial score (nSPS) is 10.4. The molecule has 3 N–H and O–H groups in total. The molecule has 0 rings (SSSR count). The molecule has 10 heteroatoms. The minimum Gasteiger partial charge on any atom is -0.379 e. The Balaban J connectivity index is 0. The number of nitrogens with one attached hydrogen (secondary N) is 3. The van der Waals surface area contributed by atoms with Crippen molar-refractivity contribution in [2.24, 2.45) is 5.92 Å². The summed E-state index contributed by atoms with van der Waals surface area (Å²) in [4.78, 5) is 22.1. The second-order valence-electron chi connectivity index (χ2n) is 6.65. The Morgan fingerprint density at radius 2 is 1.14 bits per heavy atom. The van der Waals surface area contributed by atoms with E-state index in [1.807, 2.05) is 0 Å². The van der Waals surface area contributed by atoms with Crippen LogP contribution in [-0.4, -0.2) is 84.3 Å². The van der Waals surface area contributed by atoms with Crippen molar-refractivity contribution in [3.05, 3.63) is 0 Å². The Morgan fingerprint density at radius 3 is 1.59 bits per heavy atom. The number of halogens is 1. The summed E-state index contributed by atoms with van der Waals surface area (Å²) in [6, 6.07) is 0. The van der Waals surface area contributed by atoms with Gasteiger partial charge >= 0.3 is 0 Å². The topological polar surface area (TPSA) is 107 Å².